The zero-order chi connectivity index (χ0) is 27.2. The lowest BCUT2D eigenvalue weighted by Gasteiger charge is -2.24. The minimum absolute atomic E-state index is 0.0184. The Morgan fingerprint density at radius 1 is 0.897 bits per heavy atom. The second kappa shape index (κ2) is 11.8. The first-order valence-electron chi connectivity index (χ1n) is 12.4. The van der Waals surface area contributed by atoms with Crippen LogP contribution in [0.5, 0.6) is 11.5 Å². The summed E-state index contributed by atoms with van der Waals surface area (Å²) in [5.74, 6) is 1.20. The highest BCUT2D eigenvalue weighted by molar-refractivity contribution is 6.30. The van der Waals surface area contributed by atoms with E-state index in [1.54, 1.807) is 44.7 Å². The van der Waals surface area contributed by atoms with E-state index in [9.17, 15) is 4.79 Å². The molecule has 5 rings (SSSR count). The van der Waals surface area contributed by atoms with Gasteiger partial charge in [0.2, 0.25) is 0 Å². The van der Waals surface area contributed by atoms with Gasteiger partial charge in [-0.05, 0) is 77.4 Å². The first-order valence-corrected chi connectivity index (χ1v) is 12.8. The number of methoxy groups -OCH3 is 2. The van der Waals surface area contributed by atoms with Gasteiger partial charge in [-0.3, -0.25) is 9.80 Å². The Morgan fingerprint density at radius 2 is 1.51 bits per heavy atom. The van der Waals surface area contributed by atoms with E-state index in [-0.39, 0.29) is 11.9 Å². The molecule has 0 radical (unpaired) electrons. The number of nitrogens with zero attached hydrogens (tertiary/aromatic N) is 3. The number of rotatable bonds is 8. The van der Waals surface area contributed by atoms with Crippen molar-refractivity contribution < 1.29 is 14.3 Å². The summed E-state index contributed by atoms with van der Waals surface area (Å²) in [6, 6.07) is 30.6. The van der Waals surface area contributed by atoms with E-state index in [2.05, 4.69) is 22.7 Å². The van der Waals surface area contributed by atoms with Gasteiger partial charge in [-0.1, -0.05) is 48.0 Å². The maximum atomic E-state index is 12.3. The molecule has 1 aliphatic heterocycles. The summed E-state index contributed by atoms with van der Waals surface area (Å²) in [5, 5.41) is 11.8. The number of carbonyl (C=O) groups is 1. The number of hydrazone groups is 2. The minimum Gasteiger partial charge on any atom is -0.497 e. The number of hydrogen-bond acceptors (Lipinski definition) is 6. The Bertz CT molecular complexity index is 1480. The van der Waals surface area contributed by atoms with Crippen molar-refractivity contribution in [1.82, 2.24) is 5.43 Å². The predicted octanol–water partition coefficient (Wildman–Crippen LogP) is 6.48. The monoisotopic (exact) mass is 538 g/mol. The number of anilines is 1. The van der Waals surface area contributed by atoms with Gasteiger partial charge in [-0.25, -0.2) is 5.43 Å². The normalized spacial score (nSPS) is 14.8. The summed E-state index contributed by atoms with van der Waals surface area (Å²) in [4.78, 5) is 12.3. The Balaban J connectivity index is 1.33. The van der Waals surface area contributed by atoms with Crippen molar-refractivity contribution in [2.24, 2.45) is 10.2 Å². The van der Waals surface area contributed by atoms with Gasteiger partial charge >= 0.3 is 0 Å². The highest BCUT2D eigenvalue weighted by atomic mass is 35.5. The molecule has 1 unspecified atom stereocenters. The molecule has 1 amide bonds. The zero-order valence-corrected chi connectivity index (χ0v) is 22.3. The summed E-state index contributed by atoms with van der Waals surface area (Å²) < 4.78 is 10.5. The molecule has 0 spiro atoms. The van der Waals surface area contributed by atoms with Crippen LogP contribution in [0.15, 0.2) is 107 Å². The topological polar surface area (TPSA) is 75.5 Å². The second-order valence-corrected chi connectivity index (χ2v) is 9.35. The molecule has 8 heteroatoms. The number of hydrogen-bond donors (Lipinski definition) is 1. The third-order valence-electron chi connectivity index (χ3n) is 6.48. The fourth-order valence-electron chi connectivity index (χ4n) is 4.34. The van der Waals surface area contributed by atoms with Crippen LogP contribution < -0.4 is 19.9 Å². The van der Waals surface area contributed by atoms with Crippen LogP contribution in [-0.4, -0.2) is 32.1 Å². The lowest BCUT2D eigenvalue weighted by atomic mass is 9.98. The zero-order valence-electron chi connectivity index (χ0n) is 21.5. The van der Waals surface area contributed by atoms with Gasteiger partial charge in [0.05, 0.1) is 37.9 Å². The van der Waals surface area contributed by atoms with E-state index >= 15 is 0 Å². The third-order valence-corrected chi connectivity index (χ3v) is 6.73. The third kappa shape index (κ3) is 6.10. The molecule has 1 heterocycles. The fourth-order valence-corrected chi connectivity index (χ4v) is 4.46. The summed E-state index contributed by atoms with van der Waals surface area (Å²) in [5.41, 5.74) is 8.00. The van der Waals surface area contributed by atoms with E-state index in [0.29, 0.717) is 16.3 Å². The van der Waals surface area contributed by atoms with Crippen molar-refractivity contribution in [3.63, 3.8) is 0 Å². The number of amides is 1. The molecule has 0 saturated carbocycles. The van der Waals surface area contributed by atoms with Crippen molar-refractivity contribution in [3.05, 3.63) is 124 Å². The molecule has 0 saturated heterocycles. The maximum absolute atomic E-state index is 12.3. The SMILES string of the molecule is COc1ccc(C(=O)N/N=C\c2ccc(N3N=C(c4ccc(Cl)cc4)CC3c3ccc(OC)cc3)cc2)cc1. The van der Waals surface area contributed by atoms with E-state index in [4.69, 9.17) is 26.2 Å². The van der Waals surface area contributed by atoms with Crippen LogP contribution >= 0.6 is 11.6 Å². The van der Waals surface area contributed by atoms with Crippen molar-refractivity contribution >= 4 is 35.1 Å². The van der Waals surface area contributed by atoms with Crippen LogP contribution in [0.3, 0.4) is 0 Å². The summed E-state index contributed by atoms with van der Waals surface area (Å²) >= 11 is 6.11. The number of ether oxygens (including phenoxy) is 2. The van der Waals surface area contributed by atoms with Crippen LogP contribution in [0, 0.1) is 0 Å². The van der Waals surface area contributed by atoms with Gasteiger partial charge in [0, 0.05) is 17.0 Å². The maximum Gasteiger partial charge on any atom is 0.271 e. The number of benzene rings is 4. The Morgan fingerprint density at radius 3 is 2.13 bits per heavy atom. The Hall–Kier alpha value is -4.62. The first kappa shape index (κ1) is 26.0. The molecular formula is C31H27ClN4O3. The molecule has 7 nitrogen and oxygen atoms in total. The van der Waals surface area contributed by atoms with E-state index in [1.165, 1.54) is 0 Å². The van der Waals surface area contributed by atoms with Crippen molar-refractivity contribution in [2.45, 2.75) is 12.5 Å². The summed E-state index contributed by atoms with van der Waals surface area (Å²) in [7, 11) is 3.24. The number of carbonyl (C=O) groups excluding carboxylic acids is 1. The predicted molar refractivity (Wildman–Crippen MR) is 155 cm³/mol. The van der Waals surface area contributed by atoms with Crippen LogP contribution in [0.25, 0.3) is 0 Å². The molecule has 1 N–H and O–H groups in total. The minimum atomic E-state index is -0.297. The molecule has 1 aliphatic rings. The second-order valence-electron chi connectivity index (χ2n) is 8.91. The highest BCUT2D eigenvalue weighted by Crippen LogP contribution is 2.37. The Kier molecular flexibility index (Phi) is 7.89. The van der Waals surface area contributed by atoms with Gasteiger partial charge < -0.3 is 9.47 Å². The summed E-state index contributed by atoms with van der Waals surface area (Å²) in [6.45, 7) is 0. The van der Waals surface area contributed by atoms with Gasteiger partial charge in [0.15, 0.2) is 0 Å². The van der Waals surface area contributed by atoms with Crippen molar-refractivity contribution in [3.8, 4) is 11.5 Å². The van der Waals surface area contributed by atoms with Gasteiger partial charge in [0.25, 0.3) is 5.91 Å². The van der Waals surface area contributed by atoms with E-state index in [1.807, 2.05) is 65.7 Å². The van der Waals surface area contributed by atoms with Crippen LogP contribution in [0.1, 0.15) is 39.5 Å². The largest absolute Gasteiger partial charge is 0.497 e. The van der Waals surface area contributed by atoms with Gasteiger partial charge in [0.1, 0.15) is 11.5 Å². The van der Waals surface area contributed by atoms with Crippen LogP contribution in [0.4, 0.5) is 5.69 Å². The van der Waals surface area contributed by atoms with E-state index < -0.39 is 0 Å². The molecular weight excluding hydrogens is 512 g/mol. The summed E-state index contributed by atoms with van der Waals surface area (Å²) in [6.07, 6.45) is 2.35. The lowest BCUT2D eigenvalue weighted by Crippen LogP contribution is -2.18. The van der Waals surface area contributed by atoms with Crippen molar-refractivity contribution in [1.29, 1.82) is 0 Å². The van der Waals surface area contributed by atoms with Crippen molar-refractivity contribution in [2.75, 3.05) is 19.2 Å². The molecule has 4 aromatic carbocycles. The average Bonchev–Trinajstić information content (AvgIpc) is 3.43. The molecule has 196 valence electrons. The lowest BCUT2D eigenvalue weighted by molar-refractivity contribution is 0.0955. The number of nitrogens with one attached hydrogen (secondary N) is 1. The first-order chi connectivity index (χ1) is 19.0. The molecule has 0 fully saturated rings. The molecule has 39 heavy (non-hydrogen) atoms. The van der Waals surface area contributed by atoms with Crippen LogP contribution in [0.2, 0.25) is 5.02 Å². The fraction of sp³-hybridized carbons (Fsp3) is 0.129. The standard InChI is InChI=1S/C31H27ClN4O3/c1-38-27-15-7-23(8-16-27)30-19-29(22-5-11-25(32)12-6-22)35-36(30)26-13-3-21(4-14-26)20-33-34-31(37)24-9-17-28(39-2)18-10-24/h3-18,20,30H,19H2,1-2H3,(H,34,37)/b33-20-. The molecule has 0 bridgehead atoms. The molecule has 0 aromatic heterocycles. The molecule has 4 aromatic rings. The van der Waals surface area contributed by atoms with E-state index in [0.717, 1.165) is 40.3 Å². The highest BCUT2D eigenvalue weighted by Gasteiger charge is 2.30. The number of halogens is 1. The van der Waals surface area contributed by atoms with Gasteiger partial charge in [-0.15, -0.1) is 0 Å². The smallest absolute Gasteiger partial charge is 0.271 e. The Labute approximate surface area is 232 Å². The quantitative estimate of drug-likeness (QED) is 0.206. The molecule has 1 atom stereocenters. The average molecular weight is 539 g/mol. The van der Waals surface area contributed by atoms with Gasteiger partial charge in [-0.2, -0.15) is 10.2 Å². The van der Waals surface area contributed by atoms with Crippen LogP contribution in [-0.2, 0) is 0 Å². The molecule has 0 aliphatic carbocycles.